The van der Waals surface area contributed by atoms with Crippen molar-refractivity contribution in [1.29, 1.82) is 0 Å². The second kappa shape index (κ2) is 7.59. The fraction of sp³-hybridized carbons (Fsp3) is 0.455. The van der Waals surface area contributed by atoms with Gasteiger partial charge in [0.05, 0.1) is 7.11 Å². The van der Waals surface area contributed by atoms with Crippen molar-refractivity contribution in [2.24, 2.45) is 5.92 Å². The minimum atomic E-state index is -0.648. The predicted octanol–water partition coefficient (Wildman–Crippen LogP) is 3.16. The van der Waals surface area contributed by atoms with E-state index in [0.29, 0.717) is 48.0 Å². The van der Waals surface area contributed by atoms with Crippen molar-refractivity contribution in [3.63, 3.8) is 0 Å². The first-order valence-electron chi connectivity index (χ1n) is 10.3. The van der Waals surface area contributed by atoms with Gasteiger partial charge in [0.25, 0.3) is 5.91 Å². The van der Waals surface area contributed by atoms with Crippen LogP contribution in [-0.4, -0.2) is 41.1 Å². The van der Waals surface area contributed by atoms with Gasteiger partial charge in [-0.15, -0.1) is 0 Å². The number of carbonyl (C=O) groups excluding carboxylic acids is 1. The van der Waals surface area contributed by atoms with Crippen molar-refractivity contribution >= 4 is 16.9 Å². The van der Waals surface area contributed by atoms with Crippen LogP contribution in [-0.2, 0) is 6.42 Å². The van der Waals surface area contributed by atoms with E-state index in [0.717, 1.165) is 31.5 Å². The van der Waals surface area contributed by atoms with Gasteiger partial charge in [-0.05, 0) is 43.7 Å². The van der Waals surface area contributed by atoms with E-state index < -0.39 is 5.63 Å². The van der Waals surface area contributed by atoms with E-state index in [4.69, 9.17) is 13.7 Å². The molecule has 1 aliphatic heterocycles. The van der Waals surface area contributed by atoms with E-state index in [1.54, 1.807) is 29.2 Å². The Morgan fingerprint density at radius 1 is 1.30 bits per heavy atom. The molecule has 156 valence electrons. The predicted molar refractivity (Wildman–Crippen MR) is 108 cm³/mol. The zero-order valence-electron chi connectivity index (χ0n) is 16.8. The maximum absolute atomic E-state index is 13.1. The number of hydrogen-bond acceptors (Lipinski definition) is 7. The molecule has 1 amide bonds. The van der Waals surface area contributed by atoms with Crippen LogP contribution < -0.4 is 10.4 Å². The third kappa shape index (κ3) is 3.58. The van der Waals surface area contributed by atoms with E-state index >= 15 is 0 Å². The Labute approximate surface area is 172 Å². The Balaban J connectivity index is 1.33. The van der Waals surface area contributed by atoms with Crippen LogP contribution in [0.25, 0.3) is 11.0 Å². The molecule has 0 N–H and O–H groups in total. The van der Waals surface area contributed by atoms with Gasteiger partial charge in [0.1, 0.15) is 5.56 Å². The molecule has 1 saturated carbocycles. The Hall–Kier alpha value is -3.16. The highest BCUT2D eigenvalue weighted by Crippen LogP contribution is 2.38. The Morgan fingerprint density at radius 3 is 2.97 bits per heavy atom. The van der Waals surface area contributed by atoms with Gasteiger partial charge in [0.2, 0.25) is 5.89 Å². The summed E-state index contributed by atoms with van der Waals surface area (Å²) in [6, 6.07) is 6.90. The number of amides is 1. The van der Waals surface area contributed by atoms with Crippen LogP contribution in [0, 0.1) is 5.92 Å². The fourth-order valence-corrected chi connectivity index (χ4v) is 4.12. The second-order valence-electron chi connectivity index (χ2n) is 8.11. The molecule has 1 atom stereocenters. The molecular formula is C22H23N3O5. The van der Waals surface area contributed by atoms with Crippen LogP contribution in [0.15, 0.2) is 38.0 Å². The van der Waals surface area contributed by atoms with Crippen molar-refractivity contribution in [1.82, 2.24) is 15.0 Å². The average Bonchev–Trinajstić information content (AvgIpc) is 3.52. The number of aromatic nitrogens is 2. The summed E-state index contributed by atoms with van der Waals surface area (Å²) in [5.41, 5.74) is -0.253. The van der Waals surface area contributed by atoms with E-state index in [2.05, 4.69) is 10.1 Å². The van der Waals surface area contributed by atoms with Crippen molar-refractivity contribution in [2.75, 3.05) is 20.2 Å². The number of nitrogens with zero attached hydrogens (tertiary/aromatic N) is 3. The summed E-state index contributed by atoms with van der Waals surface area (Å²) in [4.78, 5) is 31.9. The molecule has 0 bridgehead atoms. The normalized spacial score (nSPS) is 19.2. The molecule has 1 unspecified atom stereocenters. The molecule has 1 saturated heterocycles. The van der Waals surface area contributed by atoms with Crippen molar-refractivity contribution < 1.29 is 18.5 Å². The topological polar surface area (TPSA) is 98.7 Å². The van der Waals surface area contributed by atoms with Crippen LogP contribution in [0.1, 0.15) is 53.7 Å². The zero-order valence-corrected chi connectivity index (χ0v) is 16.8. The quantitative estimate of drug-likeness (QED) is 0.597. The summed E-state index contributed by atoms with van der Waals surface area (Å²) in [6.45, 7) is 1.16. The summed E-state index contributed by atoms with van der Waals surface area (Å²) in [5, 5.41) is 4.73. The molecule has 8 heteroatoms. The minimum absolute atomic E-state index is 0.0465. The molecule has 2 fully saturated rings. The largest absolute Gasteiger partial charge is 0.493 e. The average molecular weight is 409 g/mol. The van der Waals surface area contributed by atoms with Gasteiger partial charge >= 0.3 is 5.63 Å². The second-order valence-corrected chi connectivity index (χ2v) is 8.11. The number of hydrogen-bond donors (Lipinski definition) is 0. The van der Waals surface area contributed by atoms with E-state index in [9.17, 15) is 9.59 Å². The number of piperidine rings is 1. The summed E-state index contributed by atoms with van der Waals surface area (Å²) in [7, 11) is 1.51. The standard InChI is InChI=1S/C22H23N3O5/c1-28-17-6-2-5-15-11-16(22(27)29-19(15)17)21(26)25-9-3-4-13(12-25)10-18-23-20(24-30-18)14-7-8-14/h2,5-6,11,13-14H,3-4,7-10,12H2,1H3. The van der Waals surface area contributed by atoms with Gasteiger partial charge in [0, 0.05) is 30.8 Å². The highest BCUT2D eigenvalue weighted by Gasteiger charge is 2.31. The third-order valence-electron chi connectivity index (χ3n) is 5.87. The lowest BCUT2D eigenvalue weighted by Gasteiger charge is -2.32. The number of methoxy groups -OCH3 is 1. The fourth-order valence-electron chi connectivity index (χ4n) is 4.12. The van der Waals surface area contributed by atoms with Gasteiger partial charge < -0.3 is 18.6 Å². The smallest absolute Gasteiger partial charge is 0.349 e. The Bertz CT molecular complexity index is 1150. The van der Waals surface area contributed by atoms with Gasteiger partial charge in [0.15, 0.2) is 17.2 Å². The van der Waals surface area contributed by atoms with Crippen LogP contribution in [0.5, 0.6) is 5.75 Å². The lowest BCUT2D eigenvalue weighted by atomic mass is 9.94. The zero-order chi connectivity index (χ0) is 20.7. The molecule has 1 aliphatic carbocycles. The van der Waals surface area contributed by atoms with Crippen molar-refractivity contribution in [3.8, 4) is 5.75 Å². The SMILES string of the molecule is COc1cccc2cc(C(=O)N3CCCC(Cc4nc(C5CC5)no4)C3)c(=O)oc12. The highest BCUT2D eigenvalue weighted by molar-refractivity contribution is 5.97. The third-order valence-corrected chi connectivity index (χ3v) is 5.87. The summed E-state index contributed by atoms with van der Waals surface area (Å²) in [6.07, 6.45) is 4.75. The molecule has 5 rings (SSSR count). The lowest BCUT2D eigenvalue weighted by molar-refractivity contribution is 0.0664. The van der Waals surface area contributed by atoms with Gasteiger partial charge in [-0.1, -0.05) is 17.3 Å². The molecular weight excluding hydrogens is 386 g/mol. The van der Waals surface area contributed by atoms with E-state index in [1.165, 1.54) is 7.11 Å². The number of ether oxygens (including phenoxy) is 1. The Morgan fingerprint density at radius 2 is 2.17 bits per heavy atom. The van der Waals surface area contributed by atoms with Crippen LogP contribution in [0.4, 0.5) is 0 Å². The lowest BCUT2D eigenvalue weighted by Crippen LogP contribution is -2.42. The molecule has 0 radical (unpaired) electrons. The molecule has 3 heterocycles. The number of benzene rings is 1. The minimum Gasteiger partial charge on any atom is -0.493 e. The first kappa shape index (κ1) is 18.8. The van der Waals surface area contributed by atoms with Crippen LogP contribution >= 0.6 is 0 Å². The number of fused-ring (bicyclic) bond motifs is 1. The maximum Gasteiger partial charge on any atom is 0.349 e. The first-order chi connectivity index (χ1) is 14.6. The van der Waals surface area contributed by atoms with Gasteiger partial charge in [-0.3, -0.25) is 4.79 Å². The van der Waals surface area contributed by atoms with Crippen LogP contribution in [0.3, 0.4) is 0 Å². The number of likely N-dealkylation sites (tertiary alicyclic amines) is 1. The monoisotopic (exact) mass is 409 g/mol. The highest BCUT2D eigenvalue weighted by atomic mass is 16.5. The number of para-hydroxylation sites is 1. The van der Waals surface area contributed by atoms with Crippen molar-refractivity contribution in [3.05, 3.63) is 52.0 Å². The Kier molecular flexibility index (Phi) is 4.77. The van der Waals surface area contributed by atoms with Gasteiger partial charge in [-0.25, -0.2) is 4.79 Å². The summed E-state index contributed by atoms with van der Waals surface area (Å²) < 4.78 is 16.1. The summed E-state index contributed by atoms with van der Waals surface area (Å²) in [5.74, 6) is 2.28. The molecule has 8 nitrogen and oxygen atoms in total. The molecule has 0 spiro atoms. The summed E-state index contributed by atoms with van der Waals surface area (Å²) >= 11 is 0. The number of rotatable bonds is 5. The molecule has 30 heavy (non-hydrogen) atoms. The first-order valence-corrected chi connectivity index (χ1v) is 10.3. The molecule has 2 aliphatic rings. The van der Waals surface area contributed by atoms with Crippen LogP contribution in [0.2, 0.25) is 0 Å². The molecule has 1 aromatic carbocycles. The number of carbonyl (C=O) groups is 1. The van der Waals surface area contributed by atoms with Crippen molar-refractivity contribution in [2.45, 2.75) is 38.0 Å². The van der Waals surface area contributed by atoms with E-state index in [1.807, 2.05) is 0 Å². The van der Waals surface area contributed by atoms with E-state index in [-0.39, 0.29) is 17.4 Å². The molecule has 2 aromatic heterocycles. The molecule has 3 aromatic rings. The maximum atomic E-state index is 13.1. The van der Waals surface area contributed by atoms with Gasteiger partial charge in [-0.2, -0.15) is 4.98 Å².